The number of H-pyrrole nitrogens is 1. The van der Waals surface area contributed by atoms with E-state index in [1.165, 1.54) is 11.3 Å². The van der Waals surface area contributed by atoms with Crippen molar-refractivity contribution in [3.05, 3.63) is 77.6 Å². The van der Waals surface area contributed by atoms with Gasteiger partial charge in [0, 0.05) is 21.8 Å². The summed E-state index contributed by atoms with van der Waals surface area (Å²) in [5.41, 5.74) is 3.14. The molecule has 0 bridgehead atoms. The average molecular weight is 401 g/mol. The van der Waals surface area contributed by atoms with Crippen molar-refractivity contribution in [1.29, 1.82) is 0 Å². The number of benzene rings is 2. The molecule has 2 aromatic carbocycles. The monoisotopic (exact) mass is 401 g/mol. The predicted molar refractivity (Wildman–Crippen MR) is 110 cm³/mol. The van der Waals surface area contributed by atoms with Crippen LogP contribution in [0.3, 0.4) is 0 Å². The summed E-state index contributed by atoms with van der Waals surface area (Å²) in [6, 6.07) is 19.6. The van der Waals surface area contributed by atoms with Gasteiger partial charge in [0.25, 0.3) is 5.91 Å². The fourth-order valence-electron chi connectivity index (χ4n) is 2.97. The summed E-state index contributed by atoms with van der Waals surface area (Å²) in [6.07, 6.45) is 0. The zero-order valence-corrected chi connectivity index (χ0v) is 15.9. The second kappa shape index (κ2) is 7.33. The molecular weight excluding hydrogens is 386 g/mol. The molecule has 29 heavy (non-hydrogen) atoms. The lowest BCUT2D eigenvalue weighted by Gasteiger charge is -1.98. The first-order valence-corrected chi connectivity index (χ1v) is 9.84. The third-order valence-electron chi connectivity index (χ3n) is 4.40. The van der Waals surface area contributed by atoms with Crippen LogP contribution in [0.5, 0.6) is 0 Å². The molecule has 7 nitrogen and oxygen atoms in total. The van der Waals surface area contributed by atoms with E-state index in [2.05, 4.69) is 25.4 Å². The first kappa shape index (κ1) is 17.3. The van der Waals surface area contributed by atoms with Crippen molar-refractivity contribution in [2.24, 2.45) is 0 Å². The number of carbonyl (C=O) groups is 1. The van der Waals surface area contributed by atoms with Gasteiger partial charge in [-0.15, -0.1) is 11.3 Å². The van der Waals surface area contributed by atoms with E-state index in [-0.39, 0.29) is 12.5 Å². The number of thiazole rings is 1. The molecule has 0 unspecified atom stereocenters. The average Bonchev–Trinajstić information content (AvgIpc) is 3.51. The van der Waals surface area contributed by atoms with Crippen LogP contribution >= 0.6 is 11.3 Å². The Bertz CT molecular complexity index is 1260. The van der Waals surface area contributed by atoms with Gasteiger partial charge in [-0.3, -0.25) is 4.79 Å². The van der Waals surface area contributed by atoms with Crippen LogP contribution in [-0.2, 0) is 6.54 Å². The number of nitrogens with zero attached hydrogens (tertiary/aromatic N) is 3. The highest BCUT2D eigenvalue weighted by Gasteiger charge is 2.15. The van der Waals surface area contributed by atoms with E-state index < -0.39 is 0 Å². The van der Waals surface area contributed by atoms with Crippen LogP contribution in [0.25, 0.3) is 33.0 Å². The number of aromatic amines is 1. The minimum Gasteiger partial charge on any atom is -0.353 e. The number of amides is 1. The summed E-state index contributed by atoms with van der Waals surface area (Å²) in [6.45, 7) is 0.137. The number of para-hydroxylation sites is 1. The number of fused-ring (bicyclic) bond motifs is 1. The Morgan fingerprint density at radius 1 is 1.07 bits per heavy atom. The molecule has 0 aliphatic rings. The molecule has 3 aromatic heterocycles. The van der Waals surface area contributed by atoms with Crippen LogP contribution in [0.15, 0.2) is 70.6 Å². The predicted octanol–water partition coefficient (Wildman–Crippen LogP) is 4.27. The lowest BCUT2D eigenvalue weighted by Crippen LogP contribution is -2.23. The Labute approximate surface area is 169 Å². The molecule has 2 N–H and O–H groups in total. The van der Waals surface area contributed by atoms with Crippen molar-refractivity contribution in [2.45, 2.75) is 6.54 Å². The van der Waals surface area contributed by atoms with Crippen LogP contribution in [0.1, 0.15) is 16.4 Å². The summed E-state index contributed by atoms with van der Waals surface area (Å²) in [5, 5.41) is 10.3. The van der Waals surface area contributed by atoms with Crippen LogP contribution in [0.4, 0.5) is 0 Å². The van der Waals surface area contributed by atoms with Gasteiger partial charge in [0.2, 0.25) is 11.7 Å². The van der Waals surface area contributed by atoms with Gasteiger partial charge in [-0.05, 0) is 12.1 Å². The van der Waals surface area contributed by atoms with Crippen molar-refractivity contribution < 1.29 is 9.32 Å². The molecular formula is C21H15N5O2S. The normalized spacial score (nSPS) is 11.0. The van der Waals surface area contributed by atoms with E-state index in [1.807, 2.05) is 60.7 Å². The lowest BCUT2D eigenvalue weighted by molar-refractivity contribution is 0.0942. The van der Waals surface area contributed by atoms with E-state index in [0.29, 0.717) is 17.4 Å². The van der Waals surface area contributed by atoms with E-state index in [0.717, 1.165) is 27.2 Å². The molecule has 0 spiro atoms. The molecule has 0 aliphatic heterocycles. The van der Waals surface area contributed by atoms with Gasteiger partial charge < -0.3 is 14.8 Å². The Balaban J connectivity index is 1.27. The summed E-state index contributed by atoms with van der Waals surface area (Å²) in [4.78, 5) is 24.5. The number of hydrogen-bond acceptors (Lipinski definition) is 6. The van der Waals surface area contributed by atoms with Gasteiger partial charge in [-0.25, -0.2) is 4.98 Å². The van der Waals surface area contributed by atoms with Crippen molar-refractivity contribution >= 4 is 28.1 Å². The Morgan fingerprint density at radius 2 is 1.90 bits per heavy atom. The summed E-state index contributed by atoms with van der Waals surface area (Å²) in [7, 11) is 0. The second-order valence-electron chi connectivity index (χ2n) is 6.37. The highest BCUT2D eigenvalue weighted by Crippen LogP contribution is 2.26. The number of nitrogens with one attached hydrogen (secondary N) is 2. The number of rotatable bonds is 5. The van der Waals surface area contributed by atoms with Gasteiger partial charge in [0.05, 0.1) is 12.2 Å². The third kappa shape index (κ3) is 3.53. The molecule has 3 heterocycles. The molecule has 1 amide bonds. The maximum atomic E-state index is 12.4. The highest BCUT2D eigenvalue weighted by atomic mass is 32.1. The van der Waals surface area contributed by atoms with Crippen LogP contribution in [-0.4, -0.2) is 26.0 Å². The smallest absolute Gasteiger partial charge is 0.271 e. The van der Waals surface area contributed by atoms with Gasteiger partial charge in [-0.1, -0.05) is 53.7 Å². The lowest BCUT2D eigenvalue weighted by atomic mass is 10.2. The van der Waals surface area contributed by atoms with Gasteiger partial charge in [0.15, 0.2) is 0 Å². The first-order valence-electron chi connectivity index (χ1n) is 8.96. The molecule has 0 atom stereocenters. The second-order valence-corrected chi connectivity index (χ2v) is 7.23. The molecule has 0 aliphatic carbocycles. The van der Waals surface area contributed by atoms with Crippen molar-refractivity contribution in [3.8, 4) is 22.1 Å². The fraction of sp³-hybridized carbons (Fsp3) is 0.0476. The van der Waals surface area contributed by atoms with Crippen LogP contribution in [0, 0.1) is 0 Å². The number of aromatic nitrogens is 4. The minimum atomic E-state index is -0.289. The van der Waals surface area contributed by atoms with Gasteiger partial charge >= 0.3 is 0 Å². The van der Waals surface area contributed by atoms with Gasteiger partial charge in [0.1, 0.15) is 10.7 Å². The van der Waals surface area contributed by atoms with E-state index >= 15 is 0 Å². The highest BCUT2D eigenvalue weighted by molar-refractivity contribution is 7.13. The van der Waals surface area contributed by atoms with Crippen molar-refractivity contribution in [2.75, 3.05) is 0 Å². The number of hydrogen-bond donors (Lipinski definition) is 2. The third-order valence-corrected chi connectivity index (χ3v) is 5.27. The molecule has 142 valence electrons. The van der Waals surface area contributed by atoms with Crippen LogP contribution in [0.2, 0.25) is 0 Å². The summed E-state index contributed by atoms with van der Waals surface area (Å²) >= 11 is 1.41. The molecule has 5 rings (SSSR count). The fourth-order valence-corrected chi connectivity index (χ4v) is 3.74. The topological polar surface area (TPSA) is 96.7 Å². The Kier molecular flexibility index (Phi) is 4.38. The molecule has 8 heteroatoms. The zero-order valence-electron chi connectivity index (χ0n) is 15.1. The summed E-state index contributed by atoms with van der Waals surface area (Å²) in [5.74, 6) is 0.538. The zero-order chi connectivity index (χ0) is 19.6. The molecule has 0 saturated carbocycles. The maximum absolute atomic E-state index is 12.4. The van der Waals surface area contributed by atoms with Gasteiger partial charge in [-0.2, -0.15) is 4.98 Å². The Hall–Kier alpha value is -3.78. The number of carbonyl (C=O) groups excluding carboxylic acids is 1. The van der Waals surface area contributed by atoms with E-state index in [9.17, 15) is 4.79 Å². The summed E-state index contributed by atoms with van der Waals surface area (Å²) < 4.78 is 5.21. The molecule has 5 aromatic rings. The Morgan fingerprint density at radius 3 is 2.76 bits per heavy atom. The standard InChI is InChI=1S/C21H15N5O2S/c27-20(22-11-18-25-19(26-28-18)13-6-2-1-3-7-13)17-12-29-21(24-17)16-10-14-8-4-5-9-15(14)23-16/h1-10,12,23H,11H2,(H,22,27). The molecule has 0 fully saturated rings. The SMILES string of the molecule is O=C(NCc1nc(-c2ccccc2)no1)c1csc(-c2cc3ccccc3[nH]2)n1. The largest absolute Gasteiger partial charge is 0.353 e. The minimum absolute atomic E-state index is 0.137. The first-order chi connectivity index (χ1) is 14.3. The maximum Gasteiger partial charge on any atom is 0.271 e. The quantitative estimate of drug-likeness (QED) is 0.458. The molecule has 0 saturated heterocycles. The van der Waals surface area contributed by atoms with E-state index in [1.54, 1.807) is 5.38 Å². The van der Waals surface area contributed by atoms with Crippen molar-refractivity contribution in [1.82, 2.24) is 25.4 Å². The molecule has 0 radical (unpaired) electrons. The van der Waals surface area contributed by atoms with Crippen LogP contribution < -0.4 is 5.32 Å². The van der Waals surface area contributed by atoms with E-state index in [4.69, 9.17) is 4.52 Å². The van der Waals surface area contributed by atoms with Crippen molar-refractivity contribution in [3.63, 3.8) is 0 Å².